The number of benzene rings is 1. The fraction of sp³-hybridized carbons (Fsp3) is 0.214. The summed E-state index contributed by atoms with van der Waals surface area (Å²) in [6.45, 7) is 1.83. The highest BCUT2D eigenvalue weighted by molar-refractivity contribution is 8.00. The van der Waals surface area contributed by atoms with Crippen LogP contribution in [0.1, 0.15) is 16.6 Å². The van der Waals surface area contributed by atoms with Crippen LogP contribution in [0.5, 0.6) is 0 Å². The van der Waals surface area contributed by atoms with Crippen LogP contribution in [0.4, 0.5) is 0 Å². The van der Waals surface area contributed by atoms with Gasteiger partial charge in [-0.3, -0.25) is 4.79 Å². The lowest BCUT2D eigenvalue weighted by Crippen LogP contribution is -2.13. The van der Waals surface area contributed by atoms with Gasteiger partial charge in [-0.25, -0.2) is 4.98 Å². The normalized spacial score (nSPS) is 11.9. The zero-order valence-corrected chi connectivity index (χ0v) is 14.1. The summed E-state index contributed by atoms with van der Waals surface area (Å²) in [6, 6.07) is 7.19. The molecule has 1 atom stereocenters. The number of thioether (sulfide) groups is 1. The molecule has 0 fully saturated rings. The molecule has 0 saturated heterocycles. The van der Waals surface area contributed by atoms with Crippen LogP contribution in [0.2, 0.25) is 10.0 Å². The topological polar surface area (TPSA) is 53.8 Å². The lowest BCUT2D eigenvalue weighted by molar-refractivity contribution is -0.116. The number of aryl methyl sites for hydroxylation is 1. The lowest BCUT2D eigenvalue weighted by Gasteiger charge is -2.07. The first-order valence-corrected chi connectivity index (χ1v) is 8.56. The second-order valence-corrected chi connectivity index (χ2v) is 6.88. The van der Waals surface area contributed by atoms with E-state index in [1.54, 1.807) is 18.2 Å². The number of thiazole rings is 1. The second-order valence-electron chi connectivity index (χ2n) is 4.20. The summed E-state index contributed by atoms with van der Waals surface area (Å²) in [5.41, 5.74) is 0.810. The van der Waals surface area contributed by atoms with E-state index in [0.29, 0.717) is 19.9 Å². The van der Waals surface area contributed by atoms with Gasteiger partial charge in [-0.15, -0.1) is 23.1 Å². The minimum absolute atomic E-state index is 0.125. The minimum Gasteiger partial charge on any atom is -0.297 e. The van der Waals surface area contributed by atoms with Crippen molar-refractivity contribution in [1.82, 2.24) is 4.98 Å². The van der Waals surface area contributed by atoms with Crippen molar-refractivity contribution in [3.8, 4) is 6.07 Å². The van der Waals surface area contributed by atoms with Crippen molar-refractivity contribution in [2.75, 3.05) is 5.75 Å². The van der Waals surface area contributed by atoms with Crippen LogP contribution in [-0.2, 0) is 4.79 Å². The van der Waals surface area contributed by atoms with E-state index >= 15 is 0 Å². The summed E-state index contributed by atoms with van der Waals surface area (Å²) in [6.07, 6.45) is 0. The first kappa shape index (κ1) is 16.3. The predicted molar refractivity (Wildman–Crippen MR) is 87.4 cm³/mol. The van der Waals surface area contributed by atoms with Crippen molar-refractivity contribution < 1.29 is 4.79 Å². The zero-order valence-electron chi connectivity index (χ0n) is 11.0. The van der Waals surface area contributed by atoms with Gasteiger partial charge in [0.25, 0.3) is 0 Å². The predicted octanol–water partition coefficient (Wildman–Crippen LogP) is 4.73. The van der Waals surface area contributed by atoms with E-state index in [0.717, 1.165) is 5.69 Å². The number of hydrogen-bond donors (Lipinski definition) is 0. The first-order chi connectivity index (χ1) is 10.0. The molecule has 0 spiro atoms. The molecule has 1 aromatic heterocycles. The number of carbonyl (C=O) groups is 1. The first-order valence-electron chi connectivity index (χ1n) is 5.94. The number of carbonyl (C=O) groups excluding carboxylic acids is 1. The molecule has 0 amide bonds. The van der Waals surface area contributed by atoms with Crippen LogP contribution in [0, 0.1) is 18.3 Å². The molecule has 2 rings (SSSR count). The minimum atomic E-state index is -0.836. The van der Waals surface area contributed by atoms with Gasteiger partial charge in [0.1, 0.15) is 5.01 Å². The van der Waals surface area contributed by atoms with Gasteiger partial charge >= 0.3 is 0 Å². The highest BCUT2D eigenvalue weighted by Crippen LogP contribution is 2.34. The van der Waals surface area contributed by atoms with E-state index in [1.165, 1.54) is 23.1 Å². The van der Waals surface area contributed by atoms with Gasteiger partial charge in [0.15, 0.2) is 11.7 Å². The number of ketones is 1. The number of aromatic nitrogens is 1. The smallest absolute Gasteiger partial charge is 0.167 e. The van der Waals surface area contributed by atoms with Gasteiger partial charge in [0.05, 0.1) is 21.9 Å². The third-order valence-electron chi connectivity index (χ3n) is 2.61. The fourth-order valence-corrected chi connectivity index (χ4v) is 4.07. The Kier molecular flexibility index (Phi) is 5.65. The summed E-state index contributed by atoms with van der Waals surface area (Å²) < 4.78 is 0. The van der Waals surface area contributed by atoms with Crippen LogP contribution in [0.25, 0.3) is 0 Å². The van der Waals surface area contributed by atoms with Crippen LogP contribution >= 0.6 is 46.3 Å². The molecular formula is C14H10Cl2N2OS2. The molecule has 0 unspecified atom stereocenters. The van der Waals surface area contributed by atoms with Crippen LogP contribution < -0.4 is 0 Å². The largest absolute Gasteiger partial charge is 0.297 e. The van der Waals surface area contributed by atoms with Gasteiger partial charge in [-0.1, -0.05) is 29.3 Å². The Hall–Kier alpha value is -1.06. The van der Waals surface area contributed by atoms with Crippen molar-refractivity contribution in [3.05, 3.63) is 44.3 Å². The quantitative estimate of drug-likeness (QED) is 0.726. The molecule has 108 valence electrons. The second kappa shape index (κ2) is 7.28. The zero-order chi connectivity index (χ0) is 15.4. The summed E-state index contributed by atoms with van der Waals surface area (Å²) in [7, 11) is 0. The van der Waals surface area contributed by atoms with Gasteiger partial charge in [-0.2, -0.15) is 5.26 Å². The van der Waals surface area contributed by atoms with Crippen molar-refractivity contribution in [2.24, 2.45) is 0 Å². The van der Waals surface area contributed by atoms with Crippen molar-refractivity contribution in [3.63, 3.8) is 0 Å². The highest BCUT2D eigenvalue weighted by atomic mass is 35.5. The molecule has 2 aromatic rings. The molecule has 1 heterocycles. The summed E-state index contributed by atoms with van der Waals surface area (Å²) in [5.74, 6) is -0.911. The molecule has 21 heavy (non-hydrogen) atoms. The SMILES string of the molecule is Cc1csc([C@@H](C#N)C(=O)CSc2c(Cl)cccc2Cl)n1. The Morgan fingerprint density at radius 1 is 1.48 bits per heavy atom. The maximum Gasteiger partial charge on any atom is 0.167 e. The van der Waals surface area contributed by atoms with Crippen molar-refractivity contribution >= 4 is 52.1 Å². The molecule has 0 radical (unpaired) electrons. The standard InChI is InChI=1S/C14H10Cl2N2OS2/c1-8-6-21-14(18-8)9(5-17)12(19)7-20-13-10(15)3-2-4-11(13)16/h2-4,6,9H,7H2,1H3/t9-/m0/s1. The number of nitriles is 1. The van der Waals surface area contributed by atoms with E-state index in [1.807, 2.05) is 18.4 Å². The average molecular weight is 357 g/mol. The van der Waals surface area contributed by atoms with Gasteiger partial charge < -0.3 is 0 Å². The molecule has 3 nitrogen and oxygen atoms in total. The monoisotopic (exact) mass is 356 g/mol. The van der Waals surface area contributed by atoms with Gasteiger partial charge in [0.2, 0.25) is 0 Å². The van der Waals surface area contributed by atoms with E-state index in [9.17, 15) is 10.1 Å². The number of rotatable bonds is 5. The maximum atomic E-state index is 12.2. The van der Waals surface area contributed by atoms with Crippen LogP contribution in [0.15, 0.2) is 28.5 Å². The summed E-state index contributed by atoms with van der Waals surface area (Å²) in [4.78, 5) is 17.1. The number of hydrogen-bond acceptors (Lipinski definition) is 5. The van der Waals surface area contributed by atoms with Crippen molar-refractivity contribution in [2.45, 2.75) is 17.7 Å². The van der Waals surface area contributed by atoms with Crippen molar-refractivity contribution in [1.29, 1.82) is 5.26 Å². The molecule has 0 saturated carbocycles. The van der Waals surface area contributed by atoms with Gasteiger partial charge in [0, 0.05) is 16.0 Å². The summed E-state index contributed by atoms with van der Waals surface area (Å²) >= 11 is 14.7. The number of halogens is 2. The summed E-state index contributed by atoms with van der Waals surface area (Å²) in [5, 5.41) is 12.6. The van der Waals surface area contributed by atoms with E-state index < -0.39 is 5.92 Å². The lowest BCUT2D eigenvalue weighted by atomic mass is 10.1. The highest BCUT2D eigenvalue weighted by Gasteiger charge is 2.23. The Morgan fingerprint density at radius 3 is 2.67 bits per heavy atom. The van der Waals surface area contributed by atoms with E-state index in [-0.39, 0.29) is 11.5 Å². The Bertz CT molecular complexity index is 689. The molecule has 0 N–H and O–H groups in total. The Labute approximate surface area is 140 Å². The average Bonchev–Trinajstić information content (AvgIpc) is 2.85. The van der Waals surface area contributed by atoms with E-state index in [4.69, 9.17) is 23.2 Å². The van der Waals surface area contributed by atoms with Gasteiger partial charge in [-0.05, 0) is 19.1 Å². The fourth-order valence-electron chi connectivity index (χ4n) is 1.62. The number of Topliss-reactive ketones (excluding diaryl/α,β-unsaturated/α-hetero) is 1. The Morgan fingerprint density at radius 2 is 2.14 bits per heavy atom. The molecule has 7 heteroatoms. The Balaban J connectivity index is 2.09. The molecule has 0 aliphatic heterocycles. The molecule has 0 aliphatic carbocycles. The molecule has 0 aliphatic rings. The third kappa shape index (κ3) is 3.98. The third-order valence-corrected chi connectivity index (χ3v) is 5.65. The van der Waals surface area contributed by atoms with E-state index in [2.05, 4.69) is 4.98 Å². The molecule has 1 aromatic carbocycles. The number of nitrogens with zero attached hydrogens (tertiary/aromatic N) is 2. The molecule has 0 bridgehead atoms. The van der Waals surface area contributed by atoms with Crippen LogP contribution in [-0.4, -0.2) is 16.5 Å². The molecular weight excluding hydrogens is 347 g/mol. The maximum absolute atomic E-state index is 12.2. The van der Waals surface area contributed by atoms with Crippen LogP contribution in [0.3, 0.4) is 0 Å².